The first-order valence-electron chi connectivity index (χ1n) is 26.4. The molecule has 3 aliphatic carbocycles. The van der Waals surface area contributed by atoms with Crippen molar-refractivity contribution in [2.75, 3.05) is 6.61 Å². The number of carboxylic acid groups (broad SMARTS) is 1. The van der Waals surface area contributed by atoms with Gasteiger partial charge >= 0.3 is 47.8 Å². The molecule has 2 saturated heterocycles. The van der Waals surface area contributed by atoms with Crippen molar-refractivity contribution in [1.82, 2.24) is 21.3 Å². The quantitative estimate of drug-likeness (QED) is 0.0479. The predicted molar refractivity (Wildman–Crippen MR) is 274 cm³/mol. The molecule has 81 heavy (non-hydrogen) atoms. The third-order valence-electron chi connectivity index (χ3n) is 16.1. The molecule has 0 aromatic heterocycles. The van der Waals surface area contributed by atoms with E-state index in [-0.39, 0.29) is 41.5 Å². The van der Waals surface area contributed by atoms with Crippen LogP contribution in [0.3, 0.4) is 0 Å². The Morgan fingerprint density at radius 3 is 2.02 bits per heavy atom. The van der Waals surface area contributed by atoms with Crippen molar-refractivity contribution in [3.8, 4) is 0 Å². The molecule has 7 rings (SSSR count). The third kappa shape index (κ3) is 11.9. The van der Waals surface area contributed by atoms with E-state index in [1.54, 1.807) is 24.3 Å². The number of aliphatic carboxylic acids is 1. The number of nitrogens with one attached hydrogen (secondary N) is 4. The number of hydrogen-bond acceptors (Lipinski definition) is 20. The molecule has 5 aliphatic rings. The summed E-state index contributed by atoms with van der Waals surface area (Å²) in [6.45, 7) is 10.4. The molecule has 2 heterocycles. The molecule has 4 fully saturated rings. The van der Waals surface area contributed by atoms with Crippen molar-refractivity contribution in [3.63, 3.8) is 0 Å². The number of carboxylic acids is 1. The Kier molecular flexibility index (Phi) is 17.9. The van der Waals surface area contributed by atoms with Gasteiger partial charge in [-0.25, -0.2) is 14.4 Å². The number of esters is 6. The third-order valence-corrected chi connectivity index (χ3v) is 16.1. The fourth-order valence-corrected chi connectivity index (χ4v) is 11.9. The van der Waals surface area contributed by atoms with Crippen LogP contribution in [0.2, 0.25) is 0 Å². The number of imide groups is 1. The fourth-order valence-electron chi connectivity index (χ4n) is 11.9. The summed E-state index contributed by atoms with van der Waals surface area (Å²) in [6, 6.07) is 9.46. The Morgan fingerprint density at radius 1 is 0.827 bits per heavy atom. The van der Waals surface area contributed by atoms with Crippen LogP contribution >= 0.6 is 0 Å². The molecule has 0 radical (unpaired) electrons. The number of amides is 5. The standard InChI is InChI=1S/C56H66N4O21/c1-9-39(66)78-35-24-36-55(26-75-36,81-29(5)62)45-47(80-50(71)31-19-15-12-16-20-31)56(74)25-34(27(3)41(53(56,6)7)43(76-28(4)61)46(68)54(35,45)8)77-51(72)44(79-40(67)10-2)42(30-17-13-11-14-18-30)59-48(69)32(21-22-38(64)65)57-37(63)23-33-49(70)60-52(73)58-33/h11-20,32-36,42-45,47,74H,9-10,21-26H2,1-8H3,(H,57,63)(H,59,69)(H,64,65)(H2,58,60,70,73)/t32-,33?,34+,35+,36-,42+,43-,44-,45+,47+,54-,55+,56-/m1/s1. The Labute approximate surface area is 464 Å². The van der Waals surface area contributed by atoms with Crippen molar-refractivity contribution >= 4 is 71.3 Å². The highest BCUT2D eigenvalue weighted by Crippen LogP contribution is 2.65. The van der Waals surface area contributed by atoms with Crippen molar-refractivity contribution in [3.05, 3.63) is 82.9 Å². The molecular weight excluding hydrogens is 1060 g/mol. The summed E-state index contributed by atoms with van der Waals surface area (Å²) >= 11 is 0. The van der Waals surface area contributed by atoms with E-state index >= 15 is 9.59 Å². The second kappa shape index (κ2) is 24.0. The molecule has 2 aromatic carbocycles. The van der Waals surface area contributed by atoms with Crippen LogP contribution in [0.4, 0.5) is 4.79 Å². The Balaban J connectivity index is 1.39. The van der Waals surface area contributed by atoms with Crippen LogP contribution < -0.4 is 21.3 Å². The smallest absolute Gasteiger partial charge is 0.350 e. The van der Waals surface area contributed by atoms with Gasteiger partial charge in [-0.2, -0.15) is 0 Å². The van der Waals surface area contributed by atoms with Crippen molar-refractivity contribution < 1.29 is 101 Å². The van der Waals surface area contributed by atoms with Gasteiger partial charge in [0.2, 0.25) is 17.9 Å². The summed E-state index contributed by atoms with van der Waals surface area (Å²) in [6.07, 6.45) is -13.9. The Morgan fingerprint density at radius 2 is 1.47 bits per heavy atom. The predicted octanol–water partition coefficient (Wildman–Crippen LogP) is 2.29. The van der Waals surface area contributed by atoms with Crippen molar-refractivity contribution in [2.45, 2.75) is 166 Å². The molecule has 2 aromatic rings. The first-order chi connectivity index (χ1) is 38.1. The van der Waals surface area contributed by atoms with Crippen molar-refractivity contribution in [2.24, 2.45) is 16.7 Å². The molecule has 1 unspecified atom stereocenters. The number of carbonyl (C=O) groups is 12. The number of aliphatic hydroxyl groups is 1. The summed E-state index contributed by atoms with van der Waals surface area (Å²) < 4.78 is 42.9. The minimum absolute atomic E-state index is 0.00900. The molecule has 436 valence electrons. The number of rotatable bonds is 20. The zero-order valence-corrected chi connectivity index (χ0v) is 45.9. The normalized spacial score (nSPS) is 29.0. The number of ether oxygens (including phenoxy) is 7. The highest BCUT2D eigenvalue weighted by atomic mass is 16.6. The molecular formula is C56H66N4O21. The zero-order chi connectivity index (χ0) is 59.5. The molecule has 2 aliphatic heterocycles. The van der Waals surface area contributed by atoms with Gasteiger partial charge in [0.25, 0.3) is 5.91 Å². The maximum atomic E-state index is 16.2. The lowest BCUT2D eigenvalue weighted by atomic mass is 9.44. The summed E-state index contributed by atoms with van der Waals surface area (Å²) in [5.41, 5.74) is -8.63. The van der Waals surface area contributed by atoms with E-state index in [0.717, 1.165) is 13.8 Å². The average Bonchev–Trinajstić information content (AvgIpc) is 3.47. The number of hydrogen-bond donors (Lipinski definition) is 6. The molecule has 2 bridgehead atoms. The maximum absolute atomic E-state index is 16.2. The van der Waals surface area contributed by atoms with Crippen LogP contribution in [0.25, 0.3) is 0 Å². The number of fused-ring (bicyclic) bond motifs is 5. The van der Waals surface area contributed by atoms with E-state index in [9.17, 15) is 58.2 Å². The number of carbonyl (C=O) groups excluding carboxylic acids is 11. The van der Waals surface area contributed by atoms with Gasteiger partial charge in [-0.3, -0.25) is 48.5 Å². The molecule has 25 heteroatoms. The SMILES string of the molecule is CCC(=O)O[C@H]1C[C@H]2OC[C@@]2(OC(C)=O)[C@H]2[C@H](OC(=O)c3ccccc3)[C@]3(O)C[C@H](OC(=O)[C@H](OC(=O)CC)[C@@H](NC(=O)[C@@H](CCC(=O)O)NC(=O)CC4NC(=O)NC4=O)c4ccccc4)C(C)=C([C@@H](OC(C)=O)C(=O)[C@]12C)C3(C)C. The van der Waals surface area contributed by atoms with Crippen LogP contribution in [-0.2, 0) is 81.1 Å². The van der Waals surface area contributed by atoms with Crippen LogP contribution in [-0.4, -0.2) is 148 Å². The molecule has 25 nitrogen and oxygen atoms in total. The monoisotopic (exact) mass is 1130 g/mol. The first-order valence-corrected chi connectivity index (χ1v) is 26.4. The molecule has 0 spiro atoms. The topological polar surface area (TPSA) is 358 Å². The van der Waals surface area contributed by atoms with Gasteiger partial charge in [-0.05, 0) is 49.1 Å². The number of Topliss-reactive ketones (excluding diaryl/α,β-unsaturated/α-hetero) is 1. The van der Waals surface area contributed by atoms with Crippen LogP contribution in [0.5, 0.6) is 0 Å². The second-order valence-electron chi connectivity index (χ2n) is 21.4. The number of ketones is 1. The van der Waals surface area contributed by atoms with Crippen molar-refractivity contribution in [1.29, 1.82) is 0 Å². The first kappa shape index (κ1) is 60.6. The number of benzene rings is 2. The van der Waals surface area contributed by atoms with Crippen LogP contribution in [0.1, 0.15) is 122 Å². The lowest BCUT2D eigenvalue weighted by Gasteiger charge is -2.67. The highest BCUT2D eigenvalue weighted by Gasteiger charge is 2.79. The van der Waals surface area contributed by atoms with Crippen LogP contribution in [0, 0.1) is 16.7 Å². The highest BCUT2D eigenvalue weighted by molar-refractivity contribution is 6.06. The van der Waals surface area contributed by atoms with Gasteiger partial charge in [0, 0.05) is 51.4 Å². The second-order valence-corrected chi connectivity index (χ2v) is 21.4. The minimum atomic E-state index is -2.60. The number of urea groups is 1. The molecule has 2 saturated carbocycles. The van der Waals surface area contributed by atoms with Gasteiger partial charge < -0.3 is 59.3 Å². The van der Waals surface area contributed by atoms with E-state index in [2.05, 4.69) is 16.0 Å². The zero-order valence-electron chi connectivity index (χ0n) is 45.9. The van der Waals surface area contributed by atoms with E-state index in [1.165, 1.54) is 77.9 Å². The summed E-state index contributed by atoms with van der Waals surface area (Å²) in [4.78, 5) is 163. The lowest BCUT2D eigenvalue weighted by molar-refractivity contribution is -0.346. The van der Waals surface area contributed by atoms with E-state index in [1.807, 2.05) is 5.32 Å². The fraction of sp³-hybridized carbons (Fsp3) is 0.536. The van der Waals surface area contributed by atoms with E-state index < -0.39 is 186 Å². The Hall–Kier alpha value is -8.06. The van der Waals surface area contributed by atoms with Gasteiger partial charge in [0.1, 0.15) is 48.1 Å². The van der Waals surface area contributed by atoms with E-state index in [0.29, 0.717) is 0 Å². The summed E-state index contributed by atoms with van der Waals surface area (Å²) in [5.74, 6) is -13.0. The largest absolute Gasteiger partial charge is 0.481 e. The van der Waals surface area contributed by atoms with E-state index in [4.69, 9.17) is 33.2 Å². The molecule has 6 N–H and O–H groups in total. The van der Waals surface area contributed by atoms with Gasteiger partial charge in [-0.15, -0.1) is 0 Å². The van der Waals surface area contributed by atoms with Gasteiger partial charge in [-0.1, -0.05) is 76.2 Å². The van der Waals surface area contributed by atoms with Gasteiger partial charge in [0.15, 0.2) is 17.5 Å². The lowest BCUT2D eigenvalue weighted by Crippen LogP contribution is -2.82. The summed E-state index contributed by atoms with van der Waals surface area (Å²) in [5, 5.41) is 33.0. The molecule has 5 amide bonds. The van der Waals surface area contributed by atoms with Gasteiger partial charge in [0.05, 0.1) is 29.9 Å². The Bertz CT molecular complexity index is 2910. The van der Waals surface area contributed by atoms with Crippen LogP contribution in [0.15, 0.2) is 71.8 Å². The minimum Gasteiger partial charge on any atom is -0.481 e. The summed E-state index contributed by atoms with van der Waals surface area (Å²) in [7, 11) is 0. The maximum Gasteiger partial charge on any atom is 0.350 e. The molecule has 13 atom stereocenters. The average molecular weight is 1130 g/mol.